The van der Waals surface area contributed by atoms with E-state index in [1.165, 1.54) is 5.56 Å². The molecule has 0 aromatic heterocycles. The first-order chi connectivity index (χ1) is 11.6. The molecule has 0 radical (unpaired) electrons. The number of urea groups is 1. The molecule has 0 bridgehead atoms. The number of likely N-dealkylation sites (N-methyl/N-ethyl adjacent to an activating group) is 1. The van der Waals surface area contributed by atoms with Gasteiger partial charge in [0, 0.05) is 38.8 Å². The van der Waals surface area contributed by atoms with E-state index in [4.69, 9.17) is 0 Å². The van der Waals surface area contributed by atoms with E-state index in [2.05, 4.69) is 22.3 Å². The lowest BCUT2D eigenvalue weighted by Crippen LogP contribution is -2.49. The molecule has 2 saturated heterocycles. The Bertz CT molecular complexity index is 570. The maximum atomic E-state index is 12.5. The van der Waals surface area contributed by atoms with Gasteiger partial charge in [-0.3, -0.25) is 9.69 Å². The molecule has 2 fully saturated rings. The molecular formula is C18H26N4O2. The van der Waals surface area contributed by atoms with Crippen LogP contribution in [-0.4, -0.2) is 72.5 Å². The zero-order chi connectivity index (χ0) is 16.9. The highest BCUT2D eigenvalue weighted by Gasteiger charge is 2.31. The minimum atomic E-state index is 0.0439. The van der Waals surface area contributed by atoms with Gasteiger partial charge in [0.05, 0.1) is 6.54 Å². The first-order valence-corrected chi connectivity index (χ1v) is 8.68. The van der Waals surface area contributed by atoms with Gasteiger partial charge in [-0.25, -0.2) is 4.79 Å². The Morgan fingerprint density at radius 1 is 1.21 bits per heavy atom. The highest BCUT2D eigenvalue weighted by molar-refractivity contribution is 5.78. The van der Waals surface area contributed by atoms with Crippen molar-refractivity contribution in [2.24, 2.45) is 0 Å². The van der Waals surface area contributed by atoms with Gasteiger partial charge >= 0.3 is 6.03 Å². The first kappa shape index (κ1) is 16.8. The maximum Gasteiger partial charge on any atom is 0.317 e. The third-order valence-electron chi connectivity index (χ3n) is 4.85. The van der Waals surface area contributed by atoms with Crippen LogP contribution >= 0.6 is 0 Å². The number of rotatable bonds is 5. The van der Waals surface area contributed by atoms with Gasteiger partial charge in [0.25, 0.3) is 0 Å². The van der Waals surface area contributed by atoms with Gasteiger partial charge < -0.3 is 15.1 Å². The average Bonchev–Trinajstić information content (AvgIpc) is 3.02. The lowest BCUT2D eigenvalue weighted by atomic mass is 10.0. The van der Waals surface area contributed by atoms with Crippen molar-refractivity contribution in [1.29, 1.82) is 0 Å². The third kappa shape index (κ3) is 4.06. The lowest BCUT2D eigenvalue weighted by Gasteiger charge is -2.36. The number of carbonyl (C=O) groups is 2. The van der Waals surface area contributed by atoms with E-state index in [1.54, 1.807) is 0 Å². The summed E-state index contributed by atoms with van der Waals surface area (Å²) in [7, 11) is 1.98. The molecule has 0 atom stereocenters. The SMILES string of the molecule is CN(CC(=O)N1CCC(N2CCNC2=O)CC1)Cc1ccccc1. The standard InChI is InChI=1S/C18H26N4O2/c1-20(13-15-5-3-2-4-6-15)14-17(23)21-10-7-16(8-11-21)22-12-9-19-18(22)24/h2-6,16H,7-14H2,1H3,(H,19,24). The second-order valence-corrected chi connectivity index (χ2v) is 6.70. The Morgan fingerprint density at radius 3 is 2.54 bits per heavy atom. The summed E-state index contributed by atoms with van der Waals surface area (Å²) < 4.78 is 0. The van der Waals surface area contributed by atoms with Gasteiger partial charge in [-0.2, -0.15) is 0 Å². The van der Waals surface area contributed by atoms with Crippen molar-refractivity contribution in [2.75, 3.05) is 39.8 Å². The second-order valence-electron chi connectivity index (χ2n) is 6.70. The van der Waals surface area contributed by atoms with E-state index in [1.807, 2.05) is 35.0 Å². The number of likely N-dealkylation sites (tertiary alicyclic amines) is 1. The van der Waals surface area contributed by atoms with Crippen molar-refractivity contribution in [3.05, 3.63) is 35.9 Å². The minimum Gasteiger partial charge on any atom is -0.341 e. The summed E-state index contributed by atoms with van der Waals surface area (Å²) in [4.78, 5) is 30.1. The van der Waals surface area contributed by atoms with Gasteiger partial charge in [-0.1, -0.05) is 30.3 Å². The molecular weight excluding hydrogens is 304 g/mol. The molecule has 6 heteroatoms. The molecule has 0 spiro atoms. The number of hydrogen-bond donors (Lipinski definition) is 1. The van der Waals surface area contributed by atoms with Gasteiger partial charge in [0.1, 0.15) is 0 Å². The van der Waals surface area contributed by atoms with E-state index in [-0.39, 0.29) is 18.0 Å². The Balaban J connectivity index is 1.44. The van der Waals surface area contributed by atoms with Crippen LogP contribution in [0.1, 0.15) is 18.4 Å². The summed E-state index contributed by atoms with van der Waals surface area (Å²) in [6, 6.07) is 10.5. The molecule has 1 aromatic rings. The summed E-state index contributed by atoms with van der Waals surface area (Å²) in [5, 5.41) is 2.85. The smallest absolute Gasteiger partial charge is 0.317 e. The Morgan fingerprint density at radius 2 is 1.92 bits per heavy atom. The van der Waals surface area contributed by atoms with Crippen LogP contribution in [0, 0.1) is 0 Å². The van der Waals surface area contributed by atoms with E-state index in [0.717, 1.165) is 45.6 Å². The fraction of sp³-hybridized carbons (Fsp3) is 0.556. The van der Waals surface area contributed by atoms with Crippen LogP contribution in [0.2, 0.25) is 0 Å². The number of piperidine rings is 1. The van der Waals surface area contributed by atoms with Crippen LogP contribution in [0.3, 0.4) is 0 Å². The average molecular weight is 330 g/mol. The van der Waals surface area contributed by atoms with Gasteiger partial charge in [0.15, 0.2) is 0 Å². The van der Waals surface area contributed by atoms with E-state index >= 15 is 0 Å². The van der Waals surface area contributed by atoms with Crippen molar-refractivity contribution < 1.29 is 9.59 Å². The van der Waals surface area contributed by atoms with Crippen LogP contribution in [0.25, 0.3) is 0 Å². The zero-order valence-electron chi connectivity index (χ0n) is 14.3. The monoisotopic (exact) mass is 330 g/mol. The van der Waals surface area contributed by atoms with Crippen molar-refractivity contribution in [2.45, 2.75) is 25.4 Å². The molecule has 3 rings (SSSR count). The zero-order valence-corrected chi connectivity index (χ0v) is 14.3. The fourth-order valence-corrected chi connectivity index (χ4v) is 3.54. The van der Waals surface area contributed by atoms with Gasteiger partial charge in [-0.15, -0.1) is 0 Å². The molecule has 130 valence electrons. The quantitative estimate of drug-likeness (QED) is 0.881. The number of hydrogen-bond acceptors (Lipinski definition) is 3. The predicted octanol–water partition coefficient (Wildman–Crippen LogP) is 1.13. The Kier molecular flexibility index (Phi) is 5.35. The maximum absolute atomic E-state index is 12.5. The molecule has 24 heavy (non-hydrogen) atoms. The van der Waals surface area contributed by atoms with Crippen molar-refractivity contribution >= 4 is 11.9 Å². The number of nitrogens with one attached hydrogen (secondary N) is 1. The number of benzene rings is 1. The third-order valence-corrected chi connectivity index (χ3v) is 4.85. The number of carbonyl (C=O) groups excluding carboxylic acids is 2. The molecule has 6 nitrogen and oxygen atoms in total. The molecule has 2 heterocycles. The Hall–Kier alpha value is -2.08. The van der Waals surface area contributed by atoms with Crippen molar-refractivity contribution in [3.8, 4) is 0 Å². The topological polar surface area (TPSA) is 55.9 Å². The van der Waals surface area contributed by atoms with Crippen LogP contribution in [0.5, 0.6) is 0 Å². The fourth-order valence-electron chi connectivity index (χ4n) is 3.54. The largest absolute Gasteiger partial charge is 0.341 e. The van der Waals surface area contributed by atoms with E-state index in [9.17, 15) is 9.59 Å². The molecule has 0 unspecified atom stereocenters. The van der Waals surface area contributed by atoms with Crippen LogP contribution < -0.4 is 5.32 Å². The van der Waals surface area contributed by atoms with Crippen molar-refractivity contribution in [3.63, 3.8) is 0 Å². The van der Waals surface area contributed by atoms with Crippen molar-refractivity contribution in [1.82, 2.24) is 20.0 Å². The lowest BCUT2D eigenvalue weighted by molar-refractivity contribution is -0.133. The second kappa shape index (κ2) is 7.66. The normalized spacial score (nSPS) is 19.0. The molecule has 3 amide bonds. The molecule has 0 saturated carbocycles. The summed E-state index contributed by atoms with van der Waals surface area (Å²) in [6.07, 6.45) is 1.75. The minimum absolute atomic E-state index is 0.0439. The molecule has 1 aromatic carbocycles. The predicted molar refractivity (Wildman–Crippen MR) is 92.5 cm³/mol. The summed E-state index contributed by atoms with van der Waals surface area (Å²) in [5.74, 6) is 0.178. The molecule has 2 aliphatic rings. The summed E-state index contributed by atoms with van der Waals surface area (Å²) >= 11 is 0. The summed E-state index contributed by atoms with van der Waals surface area (Å²) in [6.45, 7) is 4.22. The highest BCUT2D eigenvalue weighted by atomic mass is 16.2. The highest BCUT2D eigenvalue weighted by Crippen LogP contribution is 2.18. The first-order valence-electron chi connectivity index (χ1n) is 8.68. The molecule has 2 aliphatic heterocycles. The van der Waals surface area contributed by atoms with Gasteiger partial charge in [-0.05, 0) is 25.5 Å². The van der Waals surface area contributed by atoms with Crippen LogP contribution in [0.15, 0.2) is 30.3 Å². The number of amides is 3. The van der Waals surface area contributed by atoms with Crippen LogP contribution in [0.4, 0.5) is 4.79 Å². The Labute approximate surface area is 143 Å². The molecule has 1 N–H and O–H groups in total. The van der Waals surface area contributed by atoms with Gasteiger partial charge in [0.2, 0.25) is 5.91 Å². The number of nitrogens with zero attached hydrogens (tertiary/aromatic N) is 3. The van der Waals surface area contributed by atoms with E-state index < -0.39 is 0 Å². The van der Waals surface area contributed by atoms with Crippen LogP contribution in [-0.2, 0) is 11.3 Å². The summed E-state index contributed by atoms with van der Waals surface area (Å²) in [5.41, 5.74) is 1.21. The molecule has 0 aliphatic carbocycles. The van der Waals surface area contributed by atoms with E-state index in [0.29, 0.717) is 6.54 Å².